The number of hydroxylamine groups is 1. The van der Waals surface area contributed by atoms with Crippen LogP contribution < -0.4 is 4.74 Å². The molecule has 0 saturated carbocycles. The zero-order valence-electron chi connectivity index (χ0n) is 13.2. The Morgan fingerprint density at radius 3 is 2.91 bits per heavy atom. The first kappa shape index (κ1) is 19.0. The number of oxime groups is 1. The smallest absolute Gasteiger partial charge is 0.212 e. The molecule has 0 radical (unpaired) electrons. The third-order valence-electron chi connectivity index (χ3n) is 3.02. The molecule has 0 fully saturated rings. The average Bonchev–Trinajstić information content (AvgIpc) is 2.54. The second-order valence-corrected chi connectivity index (χ2v) is 5.27. The van der Waals surface area contributed by atoms with Gasteiger partial charge in [0.1, 0.15) is 12.4 Å². The van der Waals surface area contributed by atoms with Gasteiger partial charge in [0.25, 0.3) is 0 Å². The van der Waals surface area contributed by atoms with Gasteiger partial charge < -0.3 is 15.2 Å². The maximum absolute atomic E-state index is 11.8. The van der Waals surface area contributed by atoms with Gasteiger partial charge in [0, 0.05) is 28.2 Å². The van der Waals surface area contributed by atoms with Crippen molar-refractivity contribution in [1.82, 2.24) is 0 Å². The van der Waals surface area contributed by atoms with Crippen LogP contribution in [0.4, 0.5) is 0 Å². The summed E-state index contributed by atoms with van der Waals surface area (Å²) in [6.07, 6.45) is 1.37. The van der Waals surface area contributed by atoms with Gasteiger partial charge in [-0.15, -0.1) is 0 Å². The molecular weight excluding hydrogens is 409 g/mol. The molecule has 0 amide bonds. The van der Waals surface area contributed by atoms with Crippen molar-refractivity contribution in [2.45, 2.75) is 26.8 Å². The van der Waals surface area contributed by atoms with Crippen molar-refractivity contribution in [3.05, 3.63) is 41.2 Å². The third kappa shape index (κ3) is 6.69. The van der Waals surface area contributed by atoms with Gasteiger partial charge in [0.15, 0.2) is 6.04 Å². The summed E-state index contributed by atoms with van der Waals surface area (Å²) in [5.41, 5.74) is 1.95. The Morgan fingerprint density at radius 1 is 1.52 bits per heavy atom. The van der Waals surface area contributed by atoms with Crippen LogP contribution in [0.5, 0.6) is 5.75 Å². The van der Waals surface area contributed by atoms with E-state index < -0.39 is 6.04 Å². The average molecular weight is 427 g/mol. The van der Waals surface area contributed by atoms with Gasteiger partial charge >= 0.3 is 0 Å². The van der Waals surface area contributed by atoms with Crippen molar-refractivity contribution < 1.29 is 14.8 Å². The van der Waals surface area contributed by atoms with E-state index in [1.54, 1.807) is 13.8 Å². The lowest BCUT2D eigenvalue weighted by Gasteiger charge is -2.06. The van der Waals surface area contributed by atoms with E-state index in [4.69, 9.17) is 9.94 Å². The Morgan fingerprint density at radius 2 is 2.26 bits per heavy atom. The van der Waals surface area contributed by atoms with Crippen molar-refractivity contribution in [2.24, 2.45) is 10.3 Å². The van der Waals surface area contributed by atoms with Crippen molar-refractivity contribution in [1.29, 1.82) is 0 Å². The minimum Gasteiger partial charge on any atom is -0.595 e. The molecule has 0 saturated heterocycles. The molecule has 1 aromatic rings. The van der Waals surface area contributed by atoms with Crippen LogP contribution in [0.1, 0.15) is 26.3 Å². The van der Waals surface area contributed by atoms with Crippen LogP contribution in [-0.2, 0) is 0 Å². The van der Waals surface area contributed by atoms with Gasteiger partial charge in [-0.25, -0.2) is 0 Å². The highest BCUT2D eigenvalue weighted by Crippen LogP contribution is 2.20. The number of rotatable bonds is 6. The molecule has 0 bridgehead atoms. The van der Waals surface area contributed by atoms with Crippen LogP contribution in [0, 0.1) is 15.1 Å². The molecule has 0 aliphatic carbocycles. The highest BCUT2D eigenvalue weighted by Gasteiger charge is 2.09. The topological polar surface area (TPSA) is 80.2 Å². The van der Waals surface area contributed by atoms with E-state index in [9.17, 15) is 5.21 Å². The molecule has 0 heterocycles. The standard InChI is InChI=1S/C16H18IN3O3/c1-12(11-20(22)18-13(2)14(3)19-21)15-6-4-7-16(10-15)23-9-5-8-17/h4,6-7,10-11,13,21H,9H2,1-3H3/b12-11+,19-14+,20-18?. The van der Waals surface area contributed by atoms with Crippen LogP contribution in [0.3, 0.4) is 0 Å². The number of ether oxygens (including phenoxy) is 1. The van der Waals surface area contributed by atoms with E-state index in [1.807, 2.05) is 53.8 Å². The van der Waals surface area contributed by atoms with Crippen LogP contribution in [0.15, 0.2) is 40.7 Å². The molecule has 0 aliphatic heterocycles. The highest BCUT2D eigenvalue weighted by atomic mass is 127. The monoisotopic (exact) mass is 427 g/mol. The maximum Gasteiger partial charge on any atom is 0.212 e. The van der Waals surface area contributed by atoms with E-state index in [0.717, 1.165) is 11.1 Å². The fraction of sp³-hybridized carbons (Fsp3) is 0.312. The van der Waals surface area contributed by atoms with Gasteiger partial charge in [-0.05, 0) is 47.5 Å². The van der Waals surface area contributed by atoms with E-state index in [-0.39, 0.29) is 0 Å². The van der Waals surface area contributed by atoms with Gasteiger partial charge in [0.2, 0.25) is 6.20 Å². The van der Waals surface area contributed by atoms with Gasteiger partial charge in [-0.2, -0.15) is 0 Å². The number of allylic oxidation sites excluding steroid dienone is 1. The maximum atomic E-state index is 11.8. The Labute approximate surface area is 149 Å². The highest BCUT2D eigenvalue weighted by molar-refractivity contribution is 14.1. The quantitative estimate of drug-likeness (QED) is 0.142. The molecule has 6 nitrogen and oxygen atoms in total. The largest absolute Gasteiger partial charge is 0.595 e. The van der Waals surface area contributed by atoms with Crippen molar-refractivity contribution in [2.75, 3.05) is 6.61 Å². The summed E-state index contributed by atoms with van der Waals surface area (Å²) in [7, 11) is 0. The number of hydrogen-bond acceptors (Lipinski definition) is 5. The zero-order chi connectivity index (χ0) is 17.2. The summed E-state index contributed by atoms with van der Waals surface area (Å²) < 4.78 is 8.22. The summed E-state index contributed by atoms with van der Waals surface area (Å²) in [4.78, 5) is 0.476. The fourth-order valence-electron chi connectivity index (χ4n) is 1.59. The third-order valence-corrected chi connectivity index (χ3v) is 3.40. The minimum absolute atomic E-state index is 0.315. The van der Waals surface area contributed by atoms with Crippen LogP contribution in [0.25, 0.3) is 5.57 Å². The molecule has 122 valence electrons. The summed E-state index contributed by atoms with van der Waals surface area (Å²) in [5, 5.41) is 27.4. The van der Waals surface area contributed by atoms with E-state index >= 15 is 0 Å². The molecule has 1 aromatic carbocycles. The molecule has 1 unspecified atom stereocenters. The normalized spacial score (nSPS) is 14.0. The van der Waals surface area contributed by atoms with Gasteiger partial charge in [-0.1, -0.05) is 28.1 Å². The molecule has 1 N–H and O–H groups in total. The lowest BCUT2D eigenvalue weighted by Crippen LogP contribution is -2.13. The molecule has 0 spiro atoms. The summed E-state index contributed by atoms with van der Waals surface area (Å²) in [6.45, 7) is 5.39. The molecule has 0 aromatic heterocycles. The zero-order valence-corrected chi connectivity index (χ0v) is 15.3. The molecule has 7 heteroatoms. The lowest BCUT2D eigenvalue weighted by atomic mass is 10.1. The molecule has 0 aliphatic rings. The SMILES string of the molecule is C/C(=C\[N+]([O-])=NC(C)/C(C)=N/O)c1cccc(OCC#CI)c1. The predicted octanol–water partition coefficient (Wildman–Crippen LogP) is 4.02. The first-order valence-electron chi connectivity index (χ1n) is 6.83. The summed E-state index contributed by atoms with van der Waals surface area (Å²) >= 11 is 1.95. The van der Waals surface area contributed by atoms with Crippen LogP contribution >= 0.6 is 22.6 Å². The number of halogens is 1. The first-order valence-corrected chi connectivity index (χ1v) is 7.91. The Kier molecular flexibility index (Phi) is 8.11. The Bertz CT molecular complexity index is 687. The molecule has 1 rings (SSSR count). The lowest BCUT2D eigenvalue weighted by molar-refractivity contribution is -0.459. The number of azo groups is 1. The van der Waals surface area contributed by atoms with E-state index in [0.29, 0.717) is 22.9 Å². The Hall–Kier alpha value is -2.08. The molecule has 23 heavy (non-hydrogen) atoms. The van der Waals surface area contributed by atoms with E-state index in [2.05, 4.69) is 20.1 Å². The van der Waals surface area contributed by atoms with Gasteiger partial charge in [0.05, 0.1) is 5.71 Å². The van der Waals surface area contributed by atoms with Crippen LogP contribution in [-0.4, -0.2) is 28.4 Å². The first-order chi connectivity index (χ1) is 11.0. The number of nitrogens with zero attached hydrogens (tertiary/aromatic N) is 3. The molecular formula is C16H18IN3O3. The Balaban J connectivity index is 2.90. The number of benzene rings is 1. The minimum atomic E-state index is -0.497. The van der Waals surface area contributed by atoms with Crippen LogP contribution in [0.2, 0.25) is 0 Å². The summed E-state index contributed by atoms with van der Waals surface area (Å²) in [6, 6.07) is 6.88. The molecule has 1 atom stereocenters. The number of hydrogen-bond donors (Lipinski definition) is 1. The summed E-state index contributed by atoms with van der Waals surface area (Å²) in [5.74, 6) is 3.49. The second-order valence-electron chi connectivity index (χ2n) is 4.74. The van der Waals surface area contributed by atoms with Crippen molar-refractivity contribution in [3.63, 3.8) is 0 Å². The van der Waals surface area contributed by atoms with E-state index in [1.165, 1.54) is 6.20 Å². The van der Waals surface area contributed by atoms with Gasteiger partial charge in [-0.3, -0.25) is 0 Å². The van der Waals surface area contributed by atoms with Crippen molar-refractivity contribution in [3.8, 4) is 15.6 Å². The second kappa shape index (κ2) is 9.84. The fourth-order valence-corrected chi connectivity index (χ4v) is 1.74. The predicted molar refractivity (Wildman–Crippen MR) is 97.8 cm³/mol. The van der Waals surface area contributed by atoms with Crippen molar-refractivity contribution >= 4 is 33.9 Å².